The molecule has 0 amide bonds. The summed E-state index contributed by atoms with van der Waals surface area (Å²) in [4.78, 5) is 4.59. The van der Waals surface area contributed by atoms with Crippen molar-refractivity contribution < 1.29 is 4.74 Å². The molecule has 15 heavy (non-hydrogen) atoms. The Balaban J connectivity index is 2.09. The van der Waals surface area contributed by atoms with E-state index in [1.54, 1.807) is 0 Å². The van der Waals surface area contributed by atoms with E-state index in [2.05, 4.69) is 27.1 Å². The number of aromatic nitrogens is 2. The maximum Gasteiger partial charge on any atom is 0.151 e. The Morgan fingerprint density at radius 3 is 3.20 bits per heavy atom. The largest absolute Gasteiger partial charge is 0.372 e. The Labute approximate surface area is 96.2 Å². The van der Waals surface area contributed by atoms with Crippen LogP contribution in [0, 0.1) is 0 Å². The second kappa shape index (κ2) is 3.61. The van der Waals surface area contributed by atoms with Gasteiger partial charge in [0.15, 0.2) is 5.65 Å². The van der Waals surface area contributed by atoms with Crippen LogP contribution >= 0.6 is 15.9 Å². The van der Waals surface area contributed by atoms with E-state index in [1.807, 2.05) is 22.7 Å². The zero-order chi connectivity index (χ0) is 10.3. The number of hydrogen-bond donors (Lipinski definition) is 0. The van der Waals surface area contributed by atoms with Crippen molar-refractivity contribution in [3.8, 4) is 0 Å². The molecule has 3 heterocycles. The lowest BCUT2D eigenvalue weighted by molar-refractivity contribution is 0.109. The molecular weight excluding hydrogens is 256 g/mol. The third-order valence-electron chi connectivity index (χ3n) is 2.71. The minimum atomic E-state index is 0.191. The molecular formula is C11H11BrN2O. The van der Waals surface area contributed by atoms with E-state index >= 15 is 0 Å². The van der Waals surface area contributed by atoms with E-state index in [1.165, 1.54) is 0 Å². The highest BCUT2D eigenvalue weighted by Crippen LogP contribution is 2.29. The summed E-state index contributed by atoms with van der Waals surface area (Å²) in [5.74, 6) is 0. The normalized spacial score (nSPS) is 21.3. The highest BCUT2D eigenvalue weighted by Gasteiger charge is 2.20. The predicted octanol–water partition coefficient (Wildman–Crippen LogP) is 2.95. The first kappa shape index (κ1) is 9.36. The monoisotopic (exact) mass is 266 g/mol. The number of fused-ring (bicyclic) bond motifs is 1. The van der Waals surface area contributed by atoms with Gasteiger partial charge in [-0.1, -0.05) is 0 Å². The molecule has 1 atom stereocenters. The smallest absolute Gasteiger partial charge is 0.151 e. The predicted molar refractivity (Wildman–Crippen MR) is 60.8 cm³/mol. The molecule has 2 aromatic rings. The summed E-state index contributed by atoms with van der Waals surface area (Å²) < 4.78 is 8.67. The summed E-state index contributed by atoms with van der Waals surface area (Å²) >= 11 is 3.49. The molecule has 0 N–H and O–H groups in total. The summed E-state index contributed by atoms with van der Waals surface area (Å²) in [6.45, 7) is 0.861. The first-order valence-corrected chi connectivity index (χ1v) is 5.88. The Morgan fingerprint density at radius 2 is 2.47 bits per heavy atom. The summed E-state index contributed by atoms with van der Waals surface area (Å²) in [7, 11) is 0. The highest BCUT2D eigenvalue weighted by molar-refractivity contribution is 9.10. The molecule has 0 spiro atoms. The van der Waals surface area contributed by atoms with Crippen LogP contribution in [0.1, 0.15) is 24.6 Å². The van der Waals surface area contributed by atoms with Crippen LogP contribution in [0.2, 0.25) is 0 Å². The Bertz CT molecular complexity index is 488. The first-order valence-electron chi connectivity index (χ1n) is 5.09. The van der Waals surface area contributed by atoms with Gasteiger partial charge in [0.2, 0.25) is 0 Å². The third kappa shape index (κ3) is 1.58. The van der Waals surface area contributed by atoms with E-state index in [-0.39, 0.29) is 6.10 Å². The minimum absolute atomic E-state index is 0.191. The Kier molecular flexibility index (Phi) is 2.25. The van der Waals surface area contributed by atoms with Crippen LogP contribution in [0.25, 0.3) is 5.65 Å². The number of nitrogens with zero attached hydrogens (tertiary/aromatic N) is 2. The SMILES string of the molecule is Brc1cccn2cc(C3CCCO3)nc12. The Hall–Kier alpha value is -0.870. The van der Waals surface area contributed by atoms with Crippen molar-refractivity contribution in [2.24, 2.45) is 0 Å². The molecule has 78 valence electrons. The van der Waals surface area contributed by atoms with Gasteiger partial charge in [0.05, 0.1) is 10.2 Å². The summed E-state index contributed by atoms with van der Waals surface area (Å²) in [6.07, 6.45) is 6.47. The van der Waals surface area contributed by atoms with Crippen LogP contribution < -0.4 is 0 Å². The van der Waals surface area contributed by atoms with Crippen molar-refractivity contribution in [1.29, 1.82) is 0 Å². The van der Waals surface area contributed by atoms with Gasteiger partial charge >= 0.3 is 0 Å². The topological polar surface area (TPSA) is 26.5 Å². The third-order valence-corrected chi connectivity index (χ3v) is 3.33. The maximum absolute atomic E-state index is 5.62. The van der Waals surface area contributed by atoms with E-state index in [4.69, 9.17) is 4.74 Å². The van der Waals surface area contributed by atoms with Crippen molar-refractivity contribution in [3.05, 3.63) is 34.7 Å². The molecule has 2 aromatic heterocycles. The number of imidazole rings is 1. The van der Waals surface area contributed by atoms with Crippen molar-refractivity contribution in [2.45, 2.75) is 18.9 Å². The number of halogens is 1. The molecule has 0 aromatic carbocycles. The van der Waals surface area contributed by atoms with Crippen LogP contribution in [-0.4, -0.2) is 16.0 Å². The molecule has 0 saturated carbocycles. The molecule has 0 radical (unpaired) electrons. The van der Waals surface area contributed by atoms with Crippen molar-refractivity contribution >= 4 is 21.6 Å². The lowest BCUT2D eigenvalue weighted by atomic mass is 10.2. The van der Waals surface area contributed by atoms with Gasteiger partial charge in [-0.15, -0.1) is 0 Å². The van der Waals surface area contributed by atoms with E-state index in [9.17, 15) is 0 Å². The zero-order valence-electron chi connectivity index (χ0n) is 8.19. The van der Waals surface area contributed by atoms with Crippen LogP contribution in [0.4, 0.5) is 0 Å². The van der Waals surface area contributed by atoms with Gasteiger partial charge in [-0.3, -0.25) is 0 Å². The minimum Gasteiger partial charge on any atom is -0.372 e. The van der Waals surface area contributed by atoms with Gasteiger partial charge in [0.1, 0.15) is 6.10 Å². The number of ether oxygens (including phenoxy) is 1. The van der Waals surface area contributed by atoms with E-state index in [0.717, 1.165) is 35.3 Å². The van der Waals surface area contributed by atoms with Gasteiger partial charge in [0.25, 0.3) is 0 Å². The van der Waals surface area contributed by atoms with Gasteiger partial charge in [-0.05, 0) is 40.9 Å². The molecule has 4 heteroatoms. The molecule has 1 saturated heterocycles. The fourth-order valence-corrected chi connectivity index (χ4v) is 2.41. The van der Waals surface area contributed by atoms with Gasteiger partial charge in [0, 0.05) is 19.0 Å². The second-order valence-corrected chi connectivity index (χ2v) is 4.61. The average Bonchev–Trinajstić information content (AvgIpc) is 2.86. The van der Waals surface area contributed by atoms with Crippen molar-refractivity contribution in [3.63, 3.8) is 0 Å². The molecule has 3 rings (SSSR count). The zero-order valence-corrected chi connectivity index (χ0v) is 9.77. The molecule has 1 aliphatic rings. The fraction of sp³-hybridized carbons (Fsp3) is 0.364. The summed E-state index contributed by atoms with van der Waals surface area (Å²) in [6, 6.07) is 4.00. The lowest BCUT2D eigenvalue weighted by Gasteiger charge is -2.03. The van der Waals surface area contributed by atoms with Gasteiger partial charge in [-0.2, -0.15) is 0 Å². The van der Waals surface area contributed by atoms with Gasteiger partial charge in [-0.25, -0.2) is 4.98 Å². The van der Waals surface area contributed by atoms with Crippen LogP contribution in [0.5, 0.6) is 0 Å². The number of hydrogen-bond acceptors (Lipinski definition) is 2. The number of pyridine rings is 1. The van der Waals surface area contributed by atoms with Crippen LogP contribution in [0.3, 0.4) is 0 Å². The van der Waals surface area contributed by atoms with Crippen LogP contribution in [-0.2, 0) is 4.74 Å². The molecule has 1 fully saturated rings. The summed E-state index contributed by atoms with van der Waals surface area (Å²) in [5.41, 5.74) is 2.00. The molecule has 1 unspecified atom stereocenters. The Morgan fingerprint density at radius 1 is 1.53 bits per heavy atom. The van der Waals surface area contributed by atoms with Crippen molar-refractivity contribution in [1.82, 2.24) is 9.38 Å². The van der Waals surface area contributed by atoms with E-state index < -0.39 is 0 Å². The molecule has 0 bridgehead atoms. The maximum atomic E-state index is 5.62. The molecule has 1 aliphatic heterocycles. The highest BCUT2D eigenvalue weighted by atomic mass is 79.9. The standard InChI is InChI=1S/C11H11BrN2O/c12-8-3-1-5-14-7-9(13-11(8)14)10-4-2-6-15-10/h1,3,5,7,10H,2,4,6H2. The number of rotatable bonds is 1. The van der Waals surface area contributed by atoms with Crippen LogP contribution in [0.15, 0.2) is 29.0 Å². The van der Waals surface area contributed by atoms with Crippen molar-refractivity contribution in [2.75, 3.05) is 6.61 Å². The average molecular weight is 267 g/mol. The fourth-order valence-electron chi connectivity index (χ4n) is 1.96. The van der Waals surface area contributed by atoms with Gasteiger partial charge < -0.3 is 9.14 Å². The quantitative estimate of drug-likeness (QED) is 0.794. The molecule has 3 nitrogen and oxygen atoms in total. The van der Waals surface area contributed by atoms with E-state index in [0.29, 0.717) is 0 Å². The second-order valence-electron chi connectivity index (χ2n) is 3.75. The summed E-state index contributed by atoms with van der Waals surface area (Å²) in [5, 5.41) is 0. The lowest BCUT2D eigenvalue weighted by Crippen LogP contribution is -1.95. The molecule has 0 aliphatic carbocycles. The first-order chi connectivity index (χ1) is 7.34.